The highest BCUT2D eigenvalue weighted by Crippen LogP contribution is 2.30. The number of carboxylic acid groups (broad SMARTS) is 1. The Kier molecular flexibility index (Phi) is 7.04. The Balaban J connectivity index is 1.83. The predicted octanol–water partition coefficient (Wildman–Crippen LogP) is 3.42. The van der Waals surface area contributed by atoms with Crippen molar-refractivity contribution >= 4 is 23.7 Å². The summed E-state index contributed by atoms with van der Waals surface area (Å²) in [6.07, 6.45) is 8.65. The fourth-order valence-corrected chi connectivity index (χ4v) is 3.06. The first kappa shape index (κ1) is 22.7. The summed E-state index contributed by atoms with van der Waals surface area (Å²) < 4.78 is 14.5. The summed E-state index contributed by atoms with van der Waals surface area (Å²) in [5, 5.41) is 15.4. The molecule has 0 spiro atoms. The monoisotopic (exact) mass is 437 g/mol. The topological polar surface area (TPSA) is 126 Å². The van der Waals surface area contributed by atoms with Crippen molar-refractivity contribution in [2.24, 2.45) is 0 Å². The molecule has 0 aliphatic heterocycles. The van der Waals surface area contributed by atoms with Crippen LogP contribution < -0.4 is 10.6 Å². The number of hydrogen-bond acceptors (Lipinski definition) is 8. The molecule has 0 aliphatic rings. The van der Waals surface area contributed by atoms with Gasteiger partial charge in [-0.25, -0.2) is 24.3 Å². The highest BCUT2D eigenvalue weighted by molar-refractivity contribution is 5.69. The summed E-state index contributed by atoms with van der Waals surface area (Å²) in [4.78, 5) is 32.1. The molecule has 3 N–H and O–H groups in total. The van der Waals surface area contributed by atoms with Gasteiger partial charge in [0.25, 0.3) is 0 Å². The van der Waals surface area contributed by atoms with E-state index in [1.54, 1.807) is 30.7 Å². The van der Waals surface area contributed by atoms with Gasteiger partial charge in [-0.2, -0.15) is 0 Å². The van der Waals surface area contributed by atoms with Crippen LogP contribution in [0.15, 0.2) is 49.3 Å². The van der Waals surface area contributed by atoms with Gasteiger partial charge in [0.1, 0.15) is 12.1 Å². The lowest BCUT2D eigenvalue weighted by Gasteiger charge is -2.34. The van der Waals surface area contributed by atoms with Crippen molar-refractivity contribution in [2.75, 3.05) is 10.6 Å². The minimum absolute atomic E-state index is 0.0897. The first-order valence-corrected chi connectivity index (χ1v) is 9.89. The van der Waals surface area contributed by atoms with Crippen molar-refractivity contribution in [2.45, 2.75) is 38.6 Å². The molecule has 1 unspecified atom stereocenters. The molecule has 0 aromatic carbocycles. The second-order valence-corrected chi connectivity index (χ2v) is 7.69. The van der Waals surface area contributed by atoms with Crippen LogP contribution in [0.1, 0.15) is 37.4 Å². The zero-order chi connectivity index (χ0) is 23.1. The number of hydrogen-bond donors (Lipinski definition) is 3. The first-order valence-electron chi connectivity index (χ1n) is 9.89. The maximum absolute atomic E-state index is 14.5. The molecule has 0 bridgehead atoms. The van der Waals surface area contributed by atoms with Crippen LogP contribution >= 0.6 is 0 Å². The van der Waals surface area contributed by atoms with Crippen LogP contribution in [0.25, 0.3) is 6.08 Å². The smallest absolute Gasteiger partial charge is 0.305 e. The van der Waals surface area contributed by atoms with Crippen molar-refractivity contribution in [3.63, 3.8) is 0 Å². The van der Waals surface area contributed by atoms with Gasteiger partial charge in [0, 0.05) is 41.3 Å². The van der Waals surface area contributed by atoms with E-state index in [0.29, 0.717) is 11.5 Å². The molecule has 3 heterocycles. The molecule has 3 aromatic rings. The van der Waals surface area contributed by atoms with Crippen molar-refractivity contribution in [1.82, 2.24) is 24.9 Å². The van der Waals surface area contributed by atoms with Crippen LogP contribution in [0.3, 0.4) is 0 Å². The third-order valence-corrected chi connectivity index (χ3v) is 5.00. The number of pyridine rings is 1. The van der Waals surface area contributed by atoms with Gasteiger partial charge < -0.3 is 15.7 Å². The number of aromatic nitrogens is 5. The average molecular weight is 437 g/mol. The van der Waals surface area contributed by atoms with E-state index in [1.807, 2.05) is 32.9 Å². The number of nitrogens with zero attached hydrogens (tertiary/aromatic N) is 5. The zero-order valence-corrected chi connectivity index (χ0v) is 18.0. The molecule has 9 nitrogen and oxygen atoms in total. The van der Waals surface area contributed by atoms with Crippen LogP contribution in [0.4, 0.5) is 16.0 Å². The minimum atomic E-state index is -1.02. The summed E-state index contributed by atoms with van der Waals surface area (Å²) in [6.45, 7) is 5.56. The molecular formula is C22H24FN7O2. The minimum Gasteiger partial charge on any atom is -0.481 e. The Morgan fingerprint density at radius 3 is 2.72 bits per heavy atom. The van der Waals surface area contributed by atoms with Crippen molar-refractivity contribution in [3.05, 3.63) is 72.2 Å². The SMILES string of the molecule is Cc1cncnc1N/C=C/c1ncc(F)c(NC(CC(=O)O)C(C)(C)c2ccccn2)n1. The van der Waals surface area contributed by atoms with Crippen molar-refractivity contribution in [1.29, 1.82) is 0 Å². The fraction of sp³-hybridized carbons (Fsp3) is 0.273. The lowest BCUT2D eigenvalue weighted by atomic mass is 9.79. The molecule has 32 heavy (non-hydrogen) atoms. The van der Waals surface area contributed by atoms with E-state index in [-0.39, 0.29) is 18.1 Å². The van der Waals surface area contributed by atoms with Gasteiger partial charge in [0.15, 0.2) is 17.5 Å². The Morgan fingerprint density at radius 1 is 1.22 bits per heavy atom. The number of anilines is 2. The molecule has 0 fully saturated rings. The third kappa shape index (κ3) is 5.60. The summed E-state index contributed by atoms with van der Waals surface area (Å²) in [7, 11) is 0. The molecule has 166 valence electrons. The van der Waals surface area contributed by atoms with Crippen LogP contribution in [0, 0.1) is 12.7 Å². The molecule has 3 rings (SSSR count). The molecule has 0 amide bonds. The molecular weight excluding hydrogens is 413 g/mol. The predicted molar refractivity (Wildman–Crippen MR) is 118 cm³/mol. The Hall–Kier alpha value is -3.95. The number of aryl methyl sites for hydroxylation is 1. The maximum Gasteiger partial charge on any atom is 0.305 e. The first-order chi connectivity index (χ1) is 15.3. The molecule has 3 aromatic heterocycles. The normalized spacial score (nSPS) is 12.5. The lowest BCUT2D eigenvalue weighted by molar-refractivity contribution is -0.137. The largest absolute Gasteiger partial charge is 0.481 e. The highest BCUT2D eigenvalue weighted by atomic mass is 19.1. The second-order valence-electron chi connectivity index (χ2n) is 7.69. The van der Waals surface area contributed by atoms with E-state index in [0.717, 1.165) is 11.8 Å². The summed E-state index contributed by atoms with van der Waals surface area (Å²) in [5.74, 6) is -0.944. The van der Waals surface area contributed by atoms with Gasteiger partial charge >= 0.3 is 5.97 Å². The van der Waals surface area contributed by atoms with Gasteiger partial charge in [-0.3, -0.25) is 9.78 Å². The van der Waals surface area contributed by atoms with Gasteiger partial charge in [-0.1, -0.05) is 19.9 Å². The molecule has 0 saturated carbocycles. The van der Waals surface area contributed by atoms with E-state index >= 15 is 0 Å². The Morgan fingerprint density at radius 2 is 2.03 bits per heavy atom. The fourth-order valence-electron chi connectivity index (χ4n) is 3.06. The number of carbonyl (C=O) groups is 1. The van der Waals surface area contributed by atoms with Gasteiger partial charge in [0.05, 0.1) is 12.6 Å². The van der Waals surface area contributed by atoms with E-state index in [4.69, 9.17) is 0 Å². The number of aliphatic carboxylic acids is 1. The highest BCUT2D eigenvalue weighted by Gasteiger charge is 2.35. The summed E-state index contributed by atoms with van der Waals surface area (Å²) in [5.41, 5.74) is 0.810. The molecule has 1 atom stereocenters. The number of carboxylic acids is 1. The van der Waals surface area contributed by atoms with E-state index in [2.05, 4.69) is 35.6 Å². The van der Waals surface area contributed by atoms with E-state index < -0.39 is 23.2 Å². The number of nitrogens with one attached hydrogen (secondary N) is 2. The number of rotatable bonds is 9. The van der Waals surface area contributed by atoms with Gasteiger partial charge in [0.2, 0.25) is 0 Å². The Labute approximate surface area is 184 Å². The van der Waals surface area contributed by atoms with E-state index in [9.17, 15) is 14.3 Å². The molecule has 0 aliphatic carbocycles. The average Bonchev–Trinajstić information content (AvgIpc) is 2.77. The second kappa shape index (κ2) is 9.90. The molecule has 0 radical (unpaired) electrons. The standard InChI is InChI=1S/C22H24FN7O2/c1-14-11-24-13-28-20(14)26-9-7-18-27-12-15(23)21(30-18)29-17(10-19(31)32)22(2,3)16-6-4-5-8-25-16/h4-9,11-13,17H,10H2,1-3H3,(H,31,32)(H,24,26,28)(H,27,29,30)/b9-7+. The van der Waals surface area contributed by atoms with Crippen LogP contribution in [-0.2, 0) is 10.2 Å². The van der Waals surface area contributed by atoms with Gasteiger partial charge in [-0.15, -0.1) is 0 Å². The van der Waals surface area contributed by atoms with Crippen LogP contribution in [0.2, 0.25) is 0 Å². The van der Waals surface area contributed by atoms with Crippen molar-refractivity contribution < 1.29 is 14.3 Å². The molecule has 0 saturated heterocycles. The van der Waals surface area contributed by atoms with Crippen LogP contribution in [-0.4, -0.2) is 42.0 Å². The third-order valence-electron chi connectivity index (χ3n) is 5.00. The van der Waals surface area contributed by atoms with E-state index in [1.165, 1.54) is 6.33 Å². The lowest BCUT2D eigenvalue weighted by Crippen LogP contribution is -2.42. The maximum atomic E-state index is 14.5. The summed E-state index contributed by atoms with van der Waals surface area (Å²) >= 11 is 0. The number of halogens is 1. The van der Waals surface area contributed by atoms with Crippen molar-refractivity contribution in [3.8, 4) is 0 Å². The summed E-state index contributed by atoms with van der Waals surface area (Å²) in [6, 6.07) is 4.72. The zero-order valence-electron chi connectivity index (χ0n) is 18.0. The Bertz CT molecular complexity index is 1110. The quantitative estimate of drug-likeness (QED) is 0.461. The van der Waals surface area contributed by atoms with Crippen LogP contribution in [0.5, 0.6) is 0 Å². The van der Waals surface area contributed by atoms with Gasteiger partial charge in [-0.05, 0) is 25.1 Å². The molecule has 10 heteroatoms.